The highest BCUT2D eigenvalue weighted by molar-refractivity contribution is 7.83. The third-order valence-corrected chi connectivity index (χ3v) is 5.69. The molecule has 1 aromatic heterocycles. The Morgan fingerprint density at radius 2 is 1.85 bits per heavy atom. The molecule has 1 atom stereocenters. The van der Waals surface area contributed by atoms with Crippen molar-refractivity contribution in [3.05, 3.63) is 83.1 Å². The van der Waals surface area contributed by atoms with Crippen molar-refractivity contribution in [1.29, 1.82) is 0 Å². The van der Waals surface area contributed by atoms with Crippen LogP contribution in [-0.2, 0) is 27.1 Å². The number of hydrogen-bond donors (Lipinski definition) is 1. The zero-order valence-corrected chi connectivity index (χ0v) is 15.7. The van der Waals surface area contributed by atoms with Gasteiger partial charge in [-0.1, -0.05) is 48.5 Å². The van der Waals surface area contributed by atoms with Crippen LogP contribution in [0.5, 0.6) is 0 Å². The minimum Gasteiger partial charge on any atom is -0.307 e. The zero-order chi connectivity index (χ0) is 18.8. The monoisotopic (exact) mass is 377 g/mol. The van der Waals surface area contributed by atoms with E-state index in [0.29, 0.717) is 17.3 Å². The van der Waals surface area contributed by atoms with E-state index in [1.165, 1.54) is 6.08 Å². The van der Waals surface area contributed by atoms with E-state index in [1.54, 1.807) is 10.8 Å². The Balaban J connectivity index is 1.67. The second kappa shape index (κ2) is 7.32. The molecule has 0 aliphatic carbocycles. The predicted molar refractivity (Wildman–Crippen MR) is 108 cm³/mol. The number of hydrogen-bond acceptors (Lipinski definition) is 3. The second-order valence-corrected chi connectivity index (χ2v) is 7.89. The van der Waals surface area contributed by atoms with Crippen LogP contribution in [0, 0.1) is 6.92 Å². The molecule has 0 fully saturated rings. The molecule has 1 amide bonds. The lowest BCUT2D eigenvalue weighted by Gasteiger charge is -2.12. The van der Waals surface area contributed by atoms with Gasteiger partial charge in [-0.15, -0.1) is 0 Å². The Bertz CT molecular complexity index is 1050. The lowest BCUT2D eigenvalue weighted by Crippen LogP contribution is -2.14. The summed E-state index contributed by atoms with van der Waals surface area (Å²) < 4.78 is 13.7. The zero-order valence-electron chi connectivity index (χ0n) is 14.9. The summed E-state index contributed by atoms with van der Waals surface area (Å²) in [6, 6.07) is 17.5. The second-order valence-electron chi connectivity index (χ2n) is 6.43. The van der Waals surface area contributed by atoms with Gasteiger partial charge in [0.1, 0.15) is 5.82 Å². The highest BCUT2D eigenvalue weighted by Gasteiger charge is 2.28. The first-order valence-corrected chi connectivity index (χ1v) is 10.2. The number of rotatable bonds is 4. The van der Waals surface area contributed by atoms with Crippen LogP contribution < -0.4 is 5.32 Å². The molecule has 0 radical (unpaired) electrons. The van der Waals surface area contributed by atoms with Gasteiger partial charge in [0, 0.05) is 22.4 Å². The number of fused-ring (bicyclic) bond motifs is 1. The topological polar surface area (TPSA) is 64.0 Å². The number of para-hydroxylation sites is 1. The van der Waals surface area contributed by atoms with Gasteiger partial charge in [-0.25, -0.2) is 4.68 Å². The number of aromatic nitrogens is 2. The molecule has 1 aliphatic heterocycles. The number of carbonyl (C=O) groups excluding carboxylic acids is 1. The summed E-state index contributed by atoms with van der Waals surface area (Å²) in [5, 5.41) is 7.58. The Kier molecular flexibility index (Phi) is 4.73. The molecular weight excluding hydrogens is 358 g/mol. The van der Waals surface area contributed by atoms with E-state index in [-0.39, 0.29) is 5.91 Å². The smallest absolute Gasteiger partial charge is 0.249 e. The first-order chi connectivity index (χ1) is 13.1. The lowest BCUT2D eigenvalue weighted by atomic mass is 10.2. The van der Waals surface area contributed by atoms with Crippen LogP contribution >= 0.6 is 0 Å². The molecule has 6 heteroatoms. The lowest BCUT2D eigenvalue weighted by molar-refractivity contribution is -0.111. The largest absolute Gasteiger partial charge is 0.307 e. The highest BCUT2D eigenvalue weighted by atomic mass is 32.2. The van der Waals surface area contributed by atoms with Gasteiger partial charge in [0.2, 0.25) is 5.91 Å². The maximum Gasteiger partial charge on any atom is 0.249 e. The molecule has 0 bridgehead atoms. The first-order valence-electron chi connectivity index (χ1n) is 8.67. The summed E-state index contributed by atoms with van der Waals surface area (Å²) >= 11 is 0. The number of nitrogens with one attached hydrogen (secondary N) is 1. The number of anilines is 1. The van der Waals surface area contributed by atoms with Gasteiger partial charge in [-0.2, -0.15) is 5.10 Å². The standard InChI is InChI=1S/C21H19N3O2S/c1-15-7-5-6-10-19(15)24-21(17-13-27(26)14-18(17)23-24)22-20(25)12-11-16-8-3-2-4-9-16/h2-12H,13-14H2,1H3,(H,22,25). The van der Waals surface area contributed by atoms with Gasteiger partial charge < -0.3 is 5.32 Å². The first kappa shape index (κ1) is 17.4. The summed E-state index contributed by atoms with van der Waals surface area (Å²) in [4.78, 5) is 12.5. The number of benzene rings is 2. The van der Waals surface area contributed by atoms with Crippen molar-refractivity contribution in [2.45, 2.75) is 18.4 Å². The summed E-state index contributed by atoms with van der Waals surface area (Å²) in [6.45, 7) is 2.00. The molecule has 0 saturated carbocycles. The van der Waals surface area contributed by atoms with Gasteiger partial charge >= 0.3 is 0 Å². The molecule has 0 saturated heterocycles. The molecule has 5 nitrogen and oxygen atoms in total. The molecule has 136 valence electrons. The SMILES string of the molecule is Cc1ccccc1-n1nc2c(c1NC(=O)C=Cc1ccccc1)CS(=O)C2. The fourth-order valence-electron chi connectivity index (χ4n) is 3.13. The number of nitrogens with zero attached hydrogens (tertiary/aromatic N) is 2. The number of carbonyl (C=O) groups is 1. The van der Waals surface area contributed by atoms with Gasteiger partial charge in [0.25, 0.3) is 0 Å². The van der Waals surface area contributed by atoms with Crippen LogP contribution in [0.4, 0.5) is 5.82 Å². The van der Waals surface area contributed by atoms with E-state index in [1.807, 2.05) is 61.5 Å². The summed E-state index contributed by atoms with van der Waals surface area (Å²) in [6.07, 6.45) is 3.27. The van der Waals surface area contributed by atoms with Crippen LogP contribution in [0.25, 0.3) is 11.8 Å². The van der Waals surface area contributed by atoms with Gasteiger partial charge in [-0.05, 0) is 30.2 Å². The molecule has 0 spiro atoms. The maximum atomic E-state index is 12.5. The van der Waals surface area contributed by atoms with E-state index in [9.17, 15) is 9.00 Å². The van der Waals surface area contributed by atoms with Crippen LogP contribution in [0.2, 0.25) is 0 Å². The Morgan fingerprint density at radius 3 is 2.63 bits per heavy atom. The summed E-state index contributed by atoms with van der Waals surface area (Å²) in [5.74, 6) is 1.21. The Hall–Kier alpha value is -2.99. The quantitative estimate of drug-likeness (QED) is 0.707. The van der Waals surface area contributed by atoms with E-state index in [0.717, 1.165) is 28.1 Å². The summed E-state index contributed by atoms with van der Waals surface area (Å²) in [5.41, 5.74) is 4.55. The van der Waals surface area contributed by atoms with E-state index < -0.39 is 10.8 Å². The summed E-state index contributed by atoms with van der Waals surface area (Å²) in [7, 11) is -0.962. The van der Waals surface area contributed by atoms with Crippen molar-refractivity contribution in [3.8, 4) is 5.69 Å². The van der Waals surface area contributed by atoms with Crippen molar-refractivity contribution in [2.24, 2.45) is 0 Å². The Morgan fingerprint density at radius 1 is 1.11 bits per heavy atom. The molecule has 1 aliphatic rings. The van der Waals surface area contributed by atoms with E-state index >= 15 is 0 Å². The maximum absolute atomic E-state index is 12.5. The van der Waals surface area contributed by atoms with E-state index in [4.69, 9.17) is 0 Å². The van der Waals surface area contributed by atoms with Crippen LogP contribution in [0.1, 0.15) is 22.4 Å². The molecule has 2 heterocycles. The molecule has 27 heavy (non-hydrogen) atoms. The third-order valence-electron chi connectivity index (χ3n) is 4.48. The van der Waals surface area contributed by atoms with Crippen molar-refractivity contribution in [2.75, 3.05) is 5.32 Å². The van der Waals surface area contributed by atoms with Gasteiger partial charge in [0.05, 0.1) is 22.9 Å². The number of amides is 1. The molecular formula is C21H19N3O2S. The minimum atomic E-state index is -0.962. The van der Waals surface area contributed by atoms with E-state index in [2.05, 4.69) is 10.4 Å². The molecule has 1 N–H and O–H groups in total. The van der Waals surface area contributed by atoms with Crippen molar-refractivity contribution >= 4 is 28.6 Å². The minimum absolute atomic E-state index is 0.242. The normalized spacial score (nSPS) is 15.8. The van der Waals surface area contributed by atoms with Crippen molar-refractivity contribution in [3.63, 3.8) is 0 Å². The van der Waals surface area contributed by atoms with Crippen LogP contribution in [0.15, 0.2) is 60.7 Å². The highest BCUT2D eigenvalue weighted by Crippen LogP contribution is 2.32. The molecule has 2 aromatic carbocycles. The Labute approximate surface area is 160 Å². The average molecular weight is 377 g/mol. The van der Waals surface area contributed by atoms with Crippen molar-refractivity contribution < 1.29 is 9.00 Å². The molecule has 3 aromatic rings. The fourth-order valence-corrected chi connectivity index (χ4v) is 4.39. The van der Waals surface area contributed by atoms with Gasteiger partial charge in [-0.3, -0.25) is 9.00 Å². The predicted octanol–water partition coefficient (Wildman–Crippen LogP) is 3.59. The fraction of sp³-hybridized carbons (Fsp3) is 0.143. The van der Waals surface area contributed by atoms with Crippen LogP contribution in [0.3, 0.4) is 0 Å². The van der Waals surface area contributed by atoms with Gasteiger partial charge in [0.15, 0.2) is 0 Å². The van der Waals surface area contributed by atoms with Crippen molar-refractivity contribution in [1.82, 2.24) is 9.78 Å². The number of aryl methyl sites for hydroxylation is 1. The average Bonchev–Trinajstić information content (AvgIpc) is 3.18. The molecule has 4 rings (SSSR count). The molecule has 1 unspecified atom stereocenters. The third kappa shape index (κ3) is 3.61. The van der Waals surface area contributed by atoms with Crippen LogP contribution in [-0.4, -0.2) is 19.9 Å².